The summed E-state index contributed by atoms with van der Waals surface area (Å²) in [5, 5.41) is -6.18. The molecule has 4 aromatic rings. The van der Waals surface area contributed by atoms with Crippen LogP contribution in [0.3, 0.4) is 0 Å². The minimum absolute atomic E-state index is 0.286. The zero-order chi connectivity index (χ0) is 33.8. The lowest BCUT2D eigenvalue weighted by Gasteiger charge is -2.30. The highest BCUT2D eigenvalue weighted by atomic mass is 32.2. The molecule has 0 N–H and O–H groups in total. The summed E-state index contributed by atoms with van der Waals surface area (Å²) < 4.78 is 199. The first-order valence-corrected chi connectivity index (χ1v) is 13.3. The second-order valence-corrected chi connectivity index (χ2v) is 11.1. The summed E-state index contributed by atoms with van der Waals surface area (Å²) in [7, 11) is 0. The van der Waals surface area contributed by atoms with Gasteiger partial charge < -0.3 is 0 Å². The van der Waals surface area contributed by atoms with Crippen LogP contribution in [-0.4, -0.2) is 12.4 Å². The summed E-state index contributed by atoms with van der Waals surface area (Å²) in [5.74, 6) is -13.8. The first kappa shape index (κ1) is 34.1. The smallest absolute Gasteiger partial charge is 0.206 e. The predicted octanol–water partition coefficient (Wildman–Crippen LogP) is 11.4. The molecule has 4 rings (SSSR count). The number of rotatable bonds is 6. The van der Waals surface area contributed by atoms with Crippen molar-refractivity contribution in [2.24, 2.45) is 0 Å². The van der Waals surface area contributed by atoms with Gasteiger partial charge in [0.2, 0.25) is 0 Å². The van der Waals surface area contributed by atoms with E-state index in [1.165, 1.54) is 0 Å². The van der Waals surface area contributed by atoms with E-state index in [9.17, 15) is 61.5 Å². The molecule has 0 bridgehead atoms. The van der Waals surface area contributed by atoms with Gasteiger partial charge in [-0.3, -0.25) is 0 Å². The van der Waals surface area contributed by atoms with Crippen LogP contribution in [0, 0.1) is 60.4 Å². The highest BCUT2D eigenvalue weighted by Crippen LogP contribution is 2.56. The predicted molar refractivity (Wildman–Crippen MR) is 138 cm³/mol. The molecule has 0 fully saturated rings. The third-order valence-electron chi connectivity index (χ3n) is 6.73. The molecular formula is C30H16F14S. The summed E-state index contributed by atoms with van der Waals surface area (Å²) in [5.41, 5.74) is -6.19. The molecule has 0 saturated carbocycles. The zero-order valence-electron chi connectivity index (χ0n) is 22.5. The molecule has 0 amide bonds. The van der Waals surface area contributed by atoms with E-state index in [4.69, 9.17) is 0 Å². The van der Waals surface area contributed by atoms with Gasteiger partial charge in [-0.2, -0.15) is 26.3 Å². The molecule has 0 aliphatic rings. The van der Waals surface area contributed by atoms with Crippen LogP contribution < -0.4 is 0 Å². The van der Waals surface area contributed by atoms with Crippen molar-refractivity contribution in [2.75, 3.05) is 0 Å². The number of benzene rings is 4. The highest BCUT2D eigenvalue weighted by molar-refractivity contribution is 7.99. The molecule has 15 heteroatoms. The van der Waals surface area contributed by atoms with Gasteiger partial charge in [-0.05, 0) is 95.8 Å². The number of hydrogen-bond donors (Lipinski definition) is 0. The number of thioether (sulfide) groups is 1. The third-order valence-corrected chi connectivity index (χ3v) is 8.32. The Balaban J connectivity index is 1.90. The van der Waals surface area contributed by atoms with Crippen LogP contribution in [0.5, 0.6) is 0 Å². The van der Waals surface area contributed by atoms with E-state index >= 15 is 0 Å². The van der Waals surface area contributed by atoms with Gasteiger partial charge in [-0.1, -0.05) is 0 Å². The van der Waals surface area contributed by atoms with Crippen molar-refractivity contribution < 1.29 is 61.5 Å². The normalized spacial score (nSPS) is 13.7. The fraction of sp³-hybridized carbons (Fsp3) is 0.200. The SMILES string of the molecule is Cc1cc(F)c(-c2cc(F)c(F)c(F)c2)cc1C(SC(c1cc(-c2cc(F)c(F)c(F)c2)c(F)cc1C)C(F)(F)F)C(F)(F)F. The minimum atomic E-state index is -5.48. The summed E-state index contributed by atoms with van der Waals surface area (Å²) >= 11 is -0.736. The summed E-state index contributed by atoms with van der Waals surface area (Å²) in [6.07, 6.45) is -11.0. The number of hydrogen-bond acceptors (Lipinski definition) is 1. The van der Waals surface area contributed by atoms with Crippen molar-refractivity contribution in [1.29, 1.82) is 0 Å². The van der Waals surface area contributed by atoms with E-state index < -0.39 is 126 Å². The number of aryl methyl sites for hydroxylation is 2. The van der Waals surface area contributed by atoms with Gasteiger partial charge in [0, 0.05) is 11.1 Å². The lowest BCUT2D eigenvalue weighted by molar-refractivity contribution is -0.136. The summed E-state index contributed by atoms with van der Waals surface area (Å²) in [6.45, 7) is 1.88. The molecule has 0 aromatic heterocycles. The Hall–Kier alpha value is -3.75. The average Bonchev–Trinajstić information content (AvgIpc) is 2.90. The Morgan fingerprint density at radius 3 is 1.00 bits per heavy atom. The molecule has 4 aromatic carbocycles. The number of alkyl halides is 6. The van der Waals surface area contributed by atoms with E-state index in [0.29, 0.717) is 24.3 Å². The van der Waals surface area contributed by atoms with Crippen LogP contribution in [0.2, 0.25) is 0 Å². The Morgan fingerprint density at radius 2 is 0.733 bits per heavy atom. The lowest BCUT2D eigenvalue weighted by atomic mass is 9.96. The molecule has 2 unspecified atom stereocenters. The third kappa shape index (κ3) is 6.92. The first-order chi connectivity index (χ1) is 20.7. The zero-order valence-corrected chi connectivity index (χ0v) is 23.3. The molecule has 0 aliphatic heterocycles. The van der Waals surface area contributed by atoms with Crippen LogP contribution >= 0.6 is 11.8 Å². The van der Waals surface area contributed by atoms with E-state index in [1.54, 1.807) is 0 Å². The van der Waals surface area contributed by atoms with Crippen molar-refractivity contribution in [3.63, 3.8) is 0 Å². The lowest BCUT2D eigenvalue weighted by Crippen LogP contribution is -2.26. The fourth-order valence-corrected chi connectivity index (χ4v) is 5.98. The maximum absolute atomic E-state index is 14.8. The van der Waals surface area contributed by atoms with Gasteiger partial charge in [0.1, 0.15) is 22.1 Å². The fourth-order valence-electron chi connectivity index (χ4n) is 4.60. The Labute approximate surface area is 249 Å². The van der Waals surface area contributed by atoms with Crippen molar-refractivity contribution in [2.45, 2.75) is 36.7 Å². The van der Waals surface area contributed by atoms with E-state index in [-0.39, 0.29) is 24.3 Å². The van der Waals surface area contributed by atoms with Gasteiger partial charge >= 0.3 is 12.4 Å². The molecular weight excluding hydrogens is 658 g/mol. The maximum Gasteiger partial charge on any atom is 0.404 e. The van der Waals surface area contributed by atoms with E-state index in [0.717, 1.165) is 13.8 Å². The van der Waals surface area contributed by atoms with Crippen LogP contribution in [0.1, 0.15) is 32.8 Å². The van der Waals surface area contributed by atoms with Crippen molar-refractivity contribution in [3.05, 3.63) is 117 Å². The quantitative estimate of drug-likeness (QED) is 0.145. The van der Waals surface area contributed by atoms with Gasteiger partial charge in [0.25, 0.3) is 0 Å². The van der Waals surface area contributed by atoms with Crippen LogP contribution in [0.25, 0.3) is 22.3 Å². The first-order valence-electron chi connectivity index (χ1n) is 12.4. The molecule has 0 saturated heterocycles. The van der Waals surface area contributed by atoms with Crippen LogP contribution in [-0.2, 0) is 0 Å². The van der Waals surface area contributed by atoms with Gasteiger partial charge in [0.15, 0.2) is 34.9 Å². The standard InChI is InChI=1S/C30H16F14S/c1-11-3-19(31)17(13-5-21(33)25(37)22(34)6-13)9-15(11)27(29(39,40)41)45-28(30(42,43)44)16-10-18(20(32)4-12(16)2)14-7-23(35)26(38)24(36)8-14/h3-10,27-28H,1-2H3. The maximum atomic E-state index is 14.8. The summed E-state index contributed by atoms with van der Waals surface area (Å²) in [4.78, 5) is 0. The van der Waals surface area contributed by atoms with E-state index in [1.807, 2.05) is 0 Å². The van der Waals surface area contributed by atoms with Crippen molar-refractivity contribution >= 4 is 11.8 Å². The Bertz CT molecular complexity index is 1600. The van der Waals surface area contributed by atoms with Gasteiger partial charge in [-0.15, -0.1) is 11.8 Å². The number of halogens is 14. The topological polar surface area (TPSA) is 0 Å². The summed E-state index contributed by atoms with van der Waals surface area (Å²) in [6, 6.07) is 2.99. The Kier molecular flexibility index (Phi) is 9.26. The molecule has 0 spiro atoms. The Morgan fingerprint density at radius 1 is 0.444 bits per heavy atom. The molecule has 0 radical (unpaired) electrons. The van der Waals surface area contributed by atoms with Crippen molar-refractivity contribution in [3.8, 4) is 22.3 Å². The second-order valence-electron chi connectivity index (χ2n) is 9.86. The minimum Gasteiger partial charge on any atom is -0.206 e. The van der Waals surface area contributed by atoms with Gasteiger partial charge in [-0.25, -0.2) is 35.1 Å². The molecule has 0 nitrogen and oxygen atoms in total. The van der Waals surface area contributed by atoms with E-state index in [2.05, 4.69) is 0 Å². The van der Waals surface area contributed by atoms with Gasteiger partial charge in [0.05, 0.1) is 0 Å². The highest BCUT2D eigenvalue weighted by Gasteiger charge is 2.50. The molecule has 2 atom stereocenters. The molecule has 0 heterocycles. The molecule has 45 heavy (non-hydrogen) atoms. The molecule has 0 aliphatic carbocycles. The van der Waals surface area contributed by atoms with Crippen LogP contribution in [0.4, 0.5) is 61.5 Å². The second kappa shape index (κ2) is 12.2. The molecule has 240 valence electrons. The van der Waals surface area contributed by atoms with Crippen LogP contribution in [0.15, 0.2) is 48.5 Å². The van der Waals surface area contributed by atoms with Crippen molar-refractivity contribution in [1.82, 2.24) is 0 Å². The largest absolute Gasteiger partial charge is 0.404 e. The average molecular weight is 674 g/mol. The monoisotopic (exact) mass is 674 g/mol.